The van der Waals surface area contributed by atoms with E-state index >= 15 is 0 Å². The fourth-order valence-electron chi connectivity index (χ4n) is 5.70. The lowest BCUT2D eigenvalue weighted by atomic mass is 9.54. The molecule has 3 rings (SSSR count). The third-order valence-electron chi connectivity index (χ3n) is 5.92. The molecule has 0 radical (unpaired) electrons. The molecule has 1 unspecified atom stereocenters. The molecule has 4 atom stereocenters. The fraction of sp³-hybridized carbons (Fsp3) is 1.00. The Morgan fingerprint density at radius 1 is 1.07 bits per heavy atom. The second-order valence-electron chi connectivity index (χ2n) is 7.32. The standard InChI is InChI=1S/C14H24O/c1-12(2)9-13(3)8-6-10-5-4-7-14(13,15)11(10)12/h10-11,15H,4-9H2,1-3H3/t10-,11?,13-,14-/m0/s1. The van der Waals surface area contributed by atoms with Gasteiger partial charge in [0, 0.05) is 0 Å². The van der Waals surface area contributed by atoms with Gasteiger partial charge in [-0.15, -0.1) is 0 Å². The lowest BCUT2D eigenvalue weighted by molar-refractivity contribution is -0.161. The molecule has 1 N–H and O–H groups in total. The second kappa shape index (κ2) is 2.61. The van der Waals surface area contributed by atoms with Gasteiger partial charge in [0.1, 0.15) is 0 Å². The number of rotatable bonds is 0. The molecule has 0 heterocycles. The van der Waals surface area contributed by atoms with Crippen LogP contribution in [0.3, 0.4) is 0 Å². The first-order valence-electron chi connectivity index (χ1n) is 6.62. The second-order valence-corrected chi connectivity index (χ2v) is 7.32. The first kappa shape index (κ1) is 10.1. The van der Waals surface area contributed by atoms with E-state index in [-0.39, 0.29) is 11.0 Å². The summed E-state index contributed by atoms with van der Waals surface area (Å²) in [4.78, 5) is 0. The minimum absolute atomic E-state index is 0.220. The largest absolute Gasteiger partial charge is 0.389 e. The fourth-order valence-corrected chi connectivity index (χ4v) is 5.70. The van der Waals surface area contributed by atoms with Gasteiger partial charge in [-0.1, -0.05) is 27.2 Å². The SMILES string of the molecule is CC1(C)C[C@]2(C)CC[C@@H]3CCC[C@]2(O)C31. The zero-order valence-electron chi connectivity index (χ0n) is 10.3. The van der Waals surface area contributed by atoms with E-state index in [0.717, 1.165) is 12.3 Å². The maximum absolute atomic E-state index is 11.1. The van der Waals surface area contributed by atoms with E-state index < -0.39 is 0 Å². The lowest BCUT2D eigenvalue weighted by Crippen LogP contribution is -2.55. The van der Waals surface area contributed by atoms with Gasteiger partial charge >= 0.3 is 0 Å². The van der Waals surface area contributed by atoms with E-state index in [1.165, 1.54) is 32.1 Å². The van der Waals surface area contributed by atoms with Crippen LogP contribution in [0.2, 0.25) is 0 Å². The van der Waals surface area contributed by atoms with E-state index in [1.54, 1.807) is 0 Å². The summed E-state index contributed by atoms with van der Waals surface area (Å²) in [6.45, 7) is 7.12. The monoisotopic (exact) mass is 208 g/mol. The average Bonchev–Trinajstić information content (AvgIpc) is 2.22. The summed E-state index contributed by atoms with van der Waals surface area (Å²) in [5.74, 6) is 1.40. The van der Waals surface area contributed by atoms with Crippen LogP contribution < -0.4 is 0 Å². The molecule has 4 bridgehead atoms. The van der Waals surface area contributed by atoms with Gasteiger partial charge in [0.2, 0.25) is 0 Å². The van der Waals surface area contributed by atoms with Crippen molar-refractivity contribution in [1.82, 2.24) is 0 Å². The van der Waals surface area contributed by atoms with Crippen molar-refractivity contribution in [2.45, 2.75) is 64.9 Å². The van der Waals surface area contributed by atoms with Crippen molar-refractivity contribution in [3.63, 3.8) is 0 Å². The summed E-state index contributed by atoms with van der Waals surface area (Å²) in [7, 11) is 0. The third kappa shape index (κ3) is 1.03. The summed E-state index contributed by atoms with van der Waals surface area (Å²) in [6.07, 6.45) is 7.54. The molecule has 1 heteroatoms. The predicted molar refractivity (Wildman–Crippen MR) is 61.5 cm³/mol. The Labute approximate surface area is 93.3 Å². The Kier molecular flexibility index (Phi) is 1.77. The first-order chi connectivity index (χ1) is 6.89. The lowest BCUT2D eigenvalue weighted by Gasteiger charge is -2.54. The zero-order chi connectivity index (χ0) is 10.9. The summed E-state index contributed by atoms with van der Waals surface area (Å²) in [5.41, 5.74) is 0.265. The van der Waals surface area contributed by atoms with E-state index in [2.05, 4.69) is 20.8 Å². The van der Waals surface area contributed by atoms with Crippen LogP contribution in [0.4, 0.5) is 0 Å². The van der Waals surface area contributed by atoms with Crippen molar-refractivity contribution in [1.29, 1.82) is 0 Å². The van der Waals surface area contributed by atoms with Gasteiger partial charge in [0.15, 0.2) is 0 Å². The Bertz CT molecular complexity index is 296. The maximum Gasteiger partial charge on any atom is 0.0737 e. The Morgan fingerprint density at radius 2 is 1.80 bits per heavy atom. The Hall–Kier alpha value is -0.0400. The molecule has 15 heavy (non-hydrogen) atoms. The number of aliphatic hydroxyl groups is 1. The molecular weight excluding hydrogens is 184 g/mol. The molecule has 86 valence electrons. The van der Waals surface area contributed by atoms with Crippen molar-refractivity contribution in [3.8, 4) is 0 Å². The number of hydrogen-bond acceptors (Lipinski definition) is 1. The highest BCUT2D eigenvalue weighted by atomic mass is 16.3. The molecular formula is C14H24O. The van der Waals surface area contributed by atoms with Gasteiger partial charge in [-0.2, -0.15) is 0 Å². The van der Waals surface area contributed by atoms with Crippen LogP contribution in [0.1, 0.15) is 59.3 Å². The molecule has 0 aromatic rings. The van der Waals surface area contributed by atoms with Crippen LogP contribution in [0.25, 0.3) is 0 Å². The van der Waals surface area contributed by atoms with Gasteiger partial charge in [-0.05, 0) is 54.8 Å². The van der Waals surface area contributed by atoms with Gasteiger partial charge in [0.05, 0.1) is 5.60 Å². The van der Waals surface area contributed by atoms with Crippen molar-refractivity contribution in [3.05, 3.63) is 0 Å². The van der Waals surface area contributed by atoms with Crippen LogP contribution in [0.15, 0.2) is 0 Å². The van der Waals surface area contributed by atoms with E-state index in [0.29, 0.717) is 11.3 Å². The Balaban J connectivity index is 2.12. The molecule has 1 nitrogen and oxygen atoms in total. The highest BCUT2D eigenvalue weighted by Crippen LogP contribution is 2.70. The molecule has 0 aliphatic heterocycles. The van der Waals surface area contributed by atoms with Gasteiger partial charge in [-0.25, -0.2) is 0 Å². The topological polar surface area (TPSA) is 20.2 Å². The van der Waals surface area contributed by atoms with Crippen molar-refractivity contribution < 1.29 is 5.11 Å². The average molecular weight is 208 g/mol. The molecule has 3 fully saturated rings. The molecule has 0 amide bonds. The molecule has 0 spiro atoms. The molecule has 3 aliphatic rings. The van der Waals surface area contributed by atoms with Crippen molar-refractivity contribution >= 4 is 0 Å². The number of hydrogen-bond donors (Lipinski definition) is 1. The van der Waals surface area contributed by atoms with E-state index in [9.17, 15) is 5.11 Å². The third-order valence-corrected chi connectivity index (χ3v) is 5.92. The van der Waals surface area contributed by atoms with E-state index in [1.807, 2.05) is 0 Å². The van der Waals surface area contributed by atoms with Gasteiger partial charge in [0.25, 0.3) is 0 Å². The van der Waals surface area contributed by atoms with Gasteiger partial charge in [-0.3, -0.25) is 0 Å². The van der Waals surface area contributed by atoms with Crippen LogP contribution in [-0.4, -0.2) is 10.7 Å². The van der Waals surface area contributed by atoms with Crippen molar-refractivity contribution in [2.24, 2.45) is 22.7 Å². The normalized spacial score (nSPS) is 56.8. The molecule has 3 saturated carbocycles. The minimum atomic E-state index is -0.322. The van der Waals surface area contributed by atoms with E-state index in [4.69, 9.17) is 0 Å². The quantitative estimate of drug-likeness (QED) is 0.647. The molecule has 0 aromatic heterocycles. The highest BCUT2D eigenvalue weighted by Gasteiger charge is 2.68. The molecule has 0 saturated heterocycles. The smallest absolute Gasteiger partial charge is 0.0737 e. The summed E-state index contributed by atoms with van der Waals surface area (Å²) >= 11 is 0. The van der Waals surface area contributed by atoms with Crippen LogP contribution in [0, 0.1) is 22.7 Å². The summed E-state index contributed by atoms with van der Waals surface area (Å²) < 4.78 is 0. The molecule has 0 aromatic carbocycles. The van der Waals surface area contributed by atoms with Crippen LogP contribution in [-0.2, 0) is 0 Å². The van der Waals surface area contributed by atoms with Crippen LogP contribution in [0.5, 0.6) is 0 Å². The first-order valence-corrected chi connectivity index (χ1v) is 6.62. The highest BCUT2D eigenvalue weighted by molar-refractivity contribution is 5.18. The minimum Gasteiger partial charge on any atom is -0.389 e. The van der Waals surface area contributed by atoms with Crippen molar-refractivity contribution in [2.75, 3.05) is 0 Å². The summed E-state index contributed by atoms with van der Waals surface area (Å²) in [5, 5.41) is 11.1. The molecule has 3 aliphatic carbocycles. The Morgan fingerprint density at radius 3 is 2.47 bits per heavy atom. The maximum atomic E-state index is 11.1. The van der Waals surface area contributed by atoms with Crippen LogP contribution >= 0.6 is 0 Å². The van der Waals surface area contributed by atoms with Gasteiger partial charge < -0.3 is 5.11 Å². The predicted octanol–water partition coefficient (Wildman–Crippen LogP) is 3.36. The zero-order valence-corrected chi connectivity index (χ0v) is 10.3. The summed E-state index contributed by atoms with van der Waals surface area (Å²) in [6, 6.07) is 0.